The van der Waals surface area contributed by atoms with Crippen LogP contribution in [0.5, 0.6) is 0 Å². The summed E-state index contributed by atoms with van der Waals surface area (Å²) >= 11 is 13.7. The first kappa shape index (κ1) is 32.1. The molecular weight excluding hydrogens is 688 g/mol. The Morgan fingerprint density at radius 2 is 1.17 bits per heavy atom. The van der Waals surface area contributed by atoms with Gasteiger partial charge in [0.05, 0.1) is 22.7 Å². The molecule has 0 aliphatic rings. The van der Waals surface area contributed by atoms with Gasteiger partial charge in [-0.05, 0) is 53.8 Å². The fourth-order valence-corrected chi connectivity index (χ4v) is 7.81. The Kier molecular flexibility index (Phi) is 9.48. The van der Waals surface area contributed by atoms with Crippen molar-refractivity contribution in [1.29, 1.82) is 0 Å². The molecule has 0 saturated heterocycles. The lowest BCUT2D eigenvalue weighted by molar-refractivity contribution is -0.377. The zero-order valence-electron chi connectivity index (χ0n) is 24.2. The van der Waals surface area contributed by atoms with E-state index >= 15 is 0 Å². The number of nitrogens with zero attached hydrogens (tertiary/aromatic N) is 3. The van der Waals surface area contributed by atoms with Crippen LogP contribution >= 0.6 is 59.5 Å². The Hall–Kier alpha value is -4.85. The molecule has 0 saturated carbocycles. The van der Waals surface area contributed by atoms with E-state index in [-0.39, 0.29) is 23.5 Å². The van der Waals surface area contributed by atoms with Gasteiger partial charge in [-0.2, -0.15) is 0 Å². The number of fused-ring (bicyclic) bond motifs is 2. The van der Waals surface area contributed by atoms with Crippen LogP contribution in [-0.4, -0.2) is 24.1 Å². The summed E-state index contributed by atoms with van der Waals surface area (Å²) < 4.78 is 3.78. The van der Waals surface area contributed by atoms with E-state index in [0.717, 1.165) is 31.9 Å². The van der Waals surface area contributed by atoms with Gasteiger partial charge in [-0.15, -0.1) is 35.1 Å². The highest BCUT2D eigenvalue weighted by atomic mass is 35.5. The average Bonchev–Trinajstić information content (AvgIpc) is 3.72. The van der Waals surface area contributed by atoms with Gasteiger partial charge in [-0.3, -0.25) is 19.1 Å². The second kappa shape index (κ2) is 13.9. The van der Waals surface area contributed by atoms with E-state index in [1.54, 1.807) is 30.9 Å². The molecule has 0 unspecified atom stereocenters. The first-order valence-electron chi connectivity index (χ1n) is 14.0. The fraction of sp³-hybridized carbons (Fsp3) is 0. The summed E-state index contributed by atoms with van der Waals surface area (Å²) in [7, 11) is 0. The van der Waals surface area contributed by atoms with Crippen LogP contribution in [0, 0.1) is 9.54 Å². The van der Waals surface area contributed by atoms with E-state index in [1.165, 1.54) is 31.8 Å². The number of halogens is 1. The molecular formula is C34H24ClN6O2S4+. The normalized spacial score (nSPS) is 10.7. The second-order valence-corrected chi connectivity index (χ2v) is 12.6. The highest BCUT2D eigenvalue weighted by molar-refractivity contribution is 7.71. The quantitative estimate of drug-likeness (QED) is 0.179. The standard InChI is InChI=1S/2C17H11N3OS2.ClH/c2*21-16-14-13(11-5-2-1-3-6-11)10-23-15(14)19-17(22)20(16)12-7-4-8-18-9-12;/h2*1-10H,(H,19,22);1H/p+1. The highest BCUT2D eigenvalue weighted by Gasteiger charge is 2.16. The van der Waals surface area contributed by atoms with Crippen molar-refractivity contribution in [3.8, 4) is 33.6 Å². The van der Waals surface area contributed by atoms with Gasteiger partial charge in [0.15, 0.2) is 21.9 Å². The van der Waals surface area contributed by atoms with Crippen molar-refractivity contribution in [3.63, 3.8) is 0 Å². The maximum atomic E-state index is 13.1. The monoisotopic (exact) mass is 711 g/mol. The van der Waals surface area contributed by atoms with Crippen LogP contribution in [0.3, 0.4) is 0 Å². The van der Waals surface area contributed by atoms with Crippen LogP contribution in [0.1, 0.15) is 0 Å². The van der Waals surface area contributed by atoms with Crippen molar-refractivity contribution in [2.24, 2.45) is 0 Å². The van der Waals surface area contributed by atoms with Gasteiger partial charge in [-0.25, -0.2) is 9.55 Å². The SMILES string of the molecule is Cl.O=c1c2c(-c3ccccc3)csc2[nH]c(=S)n1-c1ccc[nH+]c1.O=c1c2c(-c3ccccc3)csc2[nH]c(=S)n1-c1cccnc1. The van der Waals surface area contributed by atoms with Gasteiger partial charge >= 0.3 is 0 Å². The van der Waals surface area contributed by atoms with Crippen molar-refractivity contribution in [2.75, 3.05) is 0 Å². The molecule has 13 heteroatoms. The first-order chi connectivity index (χ1) is 22.5. The third-order valence-electron chi connectivity index (χ3n) is 7.29. The van der Waals surface area contributed by atoms with E-state index in [4.69, 9.17) is 24.4 Å². The van der Waals surface area contributed by atoms with Crippen LogP contribution in [0.15, 0.2) is 130 Å². The predicted molar refractivity (Wildman–Crippen MR) is 198 cm³/mol. The number of hydrogen-bond acceptors (Lipinski definition) is 7. The summed E-state index contributed by atoms with van der Waals surface area (Å²) in [6, 6.07) is 27.1. The number of hydrogen-bond donors (Lipinski definition) is 2. The van der Waals surface area contributed by atoms with Crippen LogP contribution in [-0.2, 0) is 0 Å². The molecule has 0 aliphatic heterocycles. The van der Waals surface area contributed by atoms with Gasteiger partial charge in [0, 0.05) is 34.2 Å². The van der Waals surface area contributed by atoms with E-state index in [1.807, 2.05) is 89.6 Å². The molecule has 0 radical (unpaired) electrons. The number of nitrogens with one attached hydrogen (secondary N) is 3. The number of pyridine rings is 2. The van der Waals surface area contributed by atoms with Gasteiger partial charge < -0.3 is 9.97 Å². The second-order valence-electron chi connectivity index (χ2n) is 10.1. The van der Waals surface area contributed by atoms with Crippen molar-refractivity contribution in [1.82, 2.24) is 24.1 Å². The maximum absolute atomic E-state index is 13.1. The molecule has 47 heavy (non-hydrogen) atoms. The fourth-order valence-electron chi connectivity index (χ4n) is 5.18. The Balaban J connectivity index is 0.000000161. The molecule has 2 aromatic carbocycles. The lowest BCUT2D eigenvalue weighted by Gasteiger charge is -2.06. The van der Waals surface area contributed by atoms with Gasteiger partial charge in [-0.1, -0.05) is 60.7 Å². The Bertz CT molecular complexity index is 2380. The number of benzene rings is 2. The third kappa shape index (κ3) is 6.16. The number of aromatic nitrogens is 6. The summed E-state index contributed by atoms with van der Waals surface area (Å²) in [5.41, 5.74) is 5.01. The van der Waals surface area contributed by atoms with Gasteiger partial charge in [0.1, 0.15) is 15.3 Å². The molecule has 0 atom stereocenters. The molecule has 6 heterocycles. The van der Waals surface area contributed by atoms with E-state index in [0.29, 0.717) is 31.7 Å². The lowest BCUT2D eigenvalue weighted by Crippen LogP contribution is -2.21. The van der Waals surface area contributed by atoms with Gasteiger partial charge in [0.2, 0.25) is 0 Å². The predicted octanol–water partition coefficient (Wildman–Crippen LogP) is 8.18. The van der Waals surface area contributed by atoms with Crippen LogP contribution < -0.4 is 16.1 Å². The molecule has 0 amide bonds. The minimum atomic E-state index is -0.128. The smallest absolute Gasteiger partial charge is 0.268 e. The van der Waals surface area contributed by atoms with Crippen molar-refractivity contribution < 1.29 is 4.98 Å². The molecule has 3 N–H and O–H groups in total. The number of rotatable bonds is 4. The van der Waals surface area contributed by atoms with E-state index < -0.39 is 0 Å². The molecule has 8 aromatic rings. The lowest BCUT2D eigenvalue weighted by atomic mass is 10.1. The molecule has 8 nitrogen and oxygen atoms in total. The van der Waals surface area contributed by atoms with Crippen LogP contribution in [0.2, 0.25) is 0 Å². The summed E-state index contributed by atoms with van der Waals surface area (Å²) in [5, 5.41) is 5.30. The topological polar surface area (TPSA) is 103 Å². The van der Waals surface area contributed by atoms with Crippen molar-refractivity contribution >= 4 is 79.9 Å². The van der Waals surface area contributed by atoms with Crippen LogP contribution in [0.25, 0.3) is 54.1 Å². The minimum absolute atomic E-state index is 0. The van der Waals surface area contributed by atoms with E-state index in [2.05, 4.69) is 19.9 Å². The number of thiophene rings is 2. The third-order valence-corrected chi connectivity index (χ3v) is 9.65. The average molecular weight is 712 g/mol. The number of aromatic amines is 3. The molecule has 0 aliphatic carbocycles. The van der Waals surface area contributed by atoms with E-state index in [9.17, 15) is 9.59 Å². The Morgan fingerprint density at radius 3 is 1.64 bits per heavy atom. The molecule has 0 spiro atoms. The zero-order chi connectivity index (χ0) is 31.6. The van der Waals surface area contributed by atoms with Crippen LogP contribution in [0.4, 0.5) is 0 Å². The summed E-state index contributed by atoms with van der Waals surface area (Å²) in [5.74, 6) is 0. The summed E-state index contributed by atoms with van der Waals surface area (Å²) in [6.07, 6.45) is 6.84. The number of H-pyrrole nitrogens is 3. The summed E-state index contributed by atoms with van der Waals surface area (Å²) in [4.78, 5) is 41.1. The molecule has 0 fully saturated rings. The molecule has 8 rings (SSSR count). The van der Waals surface area contributed by atoms with Gasteiger partial charge in [0.25, 0.3) is 11.1 Å². The molecule has 0 bridgehead atoms. The summed E-state index contributed by atoms with van der Waals surface area (Å²) in [6.45, 7) is 0. The maximum Gasteiger partial charge on any atom is 0.268 e. The largest absolute Gasteiger partial charge is 0.323 e. The molecule has 232 valence electrons. The molecule has 6 aromatic heterocycles. The first-order valence-corrected chi connectivity index (χ1v) is 16.6. The zero-order valence-corrected chi connectivity index (χ0v) is 28.3. The van der Waals surface area contributed by atoms with Crippen molar-refractivity contribution in [2.45, 2.75) is 0 Å². The highest BCUT2D eigenvalue weighted by Crippen LogP contribution is 2.32. The Morgan fingerprint density at radius 1 is 0.660 bits per heavy atom. The minimum Gasteiger partial charge on any atom is -0.323 e. The van der Waals surface area contributed by atoms with Crippen molar-refractivity contribution in [3.05, 3.63) is 151 Å². The Labute approximate surface area is 291 Å².